The van der Waals surface area contributed by atoms with Crippen molar-refractivity contribution in [3.63, 3.8) is 0 Å². The summed E-state index contributed by atoms with van der Waals surface area (Å²) >= 11 is 0. The Kier molecular flexibility index (Phi) is 3.94. The van der Waals surface area contributed by atoms with Crippen molar-refractivity contribution in [1.82, 2.24) is 0 Å². The summed E-state index contributed by atoms with van der Waals surface area (Å²) in [6.45, 7) is 6.66. The first-order valence-corrected chi connectivity index (χ1v) is 6.82. The summed E-state index contributed by atoms with van der Waals surface area (Å²) < 4.78 is 0. The van der Waals surface area contributed by atoms with Crippen molar-refractivity contribution in [3.05, 3.63) is 28.8 Å². The van der Waals surface area contributed by atoms with Gasteiger partial charge >= 0.3 is 0 Å². The van der Waals surface area contributed by atoms with Gasteiger partial charge < -0.3 is 0 Å². The minimum atomic E-state index is 1.05. The zero-order chi connectivity index (χ0) is 9.84. The van der Waals surface area contributed by atoms with E-state index in [0.717, 1.165) is 9.52 Å². The van der Waals surface area contributed by atoms with E-state index in [-0.39, 0.29) is 0 Å². The van der Waals surface area contributed by atoms with Crippen LogP contribution < -0.4 is 5.19 Å². The molecule has 1 aromatic rings. The quantitative estimate of drug-likeness (QED) is 0.657. The van der Waals surface area contributed by atoms with Gasteiger partial charge in [0.1, 0.15) is 0 Å². The van der Waals surface area contributed by atoms with Gasteiger partial charge in [-0.2, -0.15) is 0 Å². The van der Waals surface area contributed by atoms with E-state index in [9.17, 15) is 0 Å². The molecule has 0 heterocycles. The molecule has 0 aliphatic heterocycles. The summed E-state index contributed by atoms with van der Waals surface area (Å²) in [6, 6.07) is 5.64. The lowest BCUT2D eigenvalue weighted by Gasteiger charge is -2.11. The van der Waals surface area contributed by atoms with Gasteiger partial charge in [0, 0.05) is 9.52 Å². The maximum absolute atomic E-state index is 3.67. The molecular formula is C11H15Si2. The lowest BCUT2D eigenvalue weighted by atomic mass is 10.0. The zero-order valence-corrected chi connectivity index (χ0v) is 10.6. The van der Waals surface area contributed by atoms with Gasteiger partial charge in [-0.1, -0.05) is 29.9 Å². The van der Waals surface area contributed by atoms with Crippen LogP contribution in [-0.2, 0) is 6.42 Å². The highest BCUT2D eigenvalue weighted by atomic mass is 28.2. The third kappa shape index (κ3) is 2.55. The second-order valence-corrected chi connectivity index (χ2v) is 5.13. The maximum atomic E-state index is 3.67. The standard InChI is InChI=1S/C11H15Si2/c1-8-4-5-11(12)10(9(8)2)6-7-13-3/h4-5H,6-7H2,1-3H3. The first-order valence-electron chi connectivity index (χ1n) is 4.62. The largest absolute Gasteiger partial charge is 0.0733 e. The van der Waals surface area contributed by atoms with E-state index in [1.807, 2.05) is 0 Å². The molecule has 0 N–H and O–H groups in total. The molecule has 0 aliphatic carbocycles. The third-order valence-corrected chi connectivity index (χ3v) is 3.71. The maximum Gasteiger partial charge on any atom is 0.0715 e. The molecule has 0 nitrogen and oxygen atoms in total. The van der Waals surface area contributed by atoms with Gasteiger partial charge in [0.05, 0.1) is 10.2 Å². The Hall–Kier alpha value is -0.346. The van der Waals surface area contributed by atoms with Crippen molar-refractivity contribution < 1.29 is 0 Å². The Labute approximate surface area is 87.0 Å². The summed E-state index contributed by atoms with van der Waals surface area (Å²) in [6.07, 6.45) is 1.21. The van der Waals surface area contributed by atoms with Gasteiger partial charge in [0.2, 0.25) is 0 Å². The van der Waals surface area contributed by atoms with E-state index in [1.165, 1.54) is 34.3 Å². The van der Waals surface area contributed by atoms with E-state index < -0.39 is 0 Å². The third-order valence-electron chi connectivity index (χ3n) is 2.49. The zero-order valence-electron chi connectivity index (χ0n) is 8.57. The first-order chi connectivity index (χ1) is 6.16. The highest BCUT2D eigenvalue weighted by Gasteiger charge is 2.03. The molecule has 0 amide bonds. The molecule has 0 aromatic heterocycles. The second-order valence-electron chi connectivity index (χ2n) is 3.39. The number of benzene rings is 1. The summed E-state index contributed by atoms with van der Waals surface area (Å²) in [5.41, 5.74) is 4.34. The van der Waals surface area contributed by atoms with Gasteiger partial charge in [-0.05, 0) is 37.0 Å². The molecule has 0 fully saturated rings. The van der Waals surface area contributed by atoms with E-state index in [4.69, 9.17) is 0 Å². The average molecular weight is 203 g/mol. The Balaban J connectivity index is 2.96. The summed E-state index contributed by atoms with van der Waals surface area (Å²) in [5, 5.41) is 1.27. The minimum Gasteiger partial charge on any atom is -0.0733 e. The van der Waals surface area contributed by atoms with Crippen molar-refractivity contribution in [2.75, 3.05) is 0 Å². The molecule has 0 saturated heterocycles. The summed E-state index contributed by atoms with van der Waals surface area (Å²) in [5.74, 6) is 0. The summed E-state index contributed by atoms with van der Waals surface area (Å²) in [7, 11) is 4.72. The van der Waals surface area contributed by atoms with Gasteiger partial charge in [-0.3, -0.25) is 0 Å². The molecule has 2 heteroatoms. The van der Waals surface area contributed by atoms with E-state index >= 15 is 0 Å². The Bertz CT molecular complexity index is 292. The predicted molar refractivity (Wildman–Crippen MR) is 61.4 cm³/mol. The van der Waals surface area contributed by atoms with Crippen LogP contribution in [0, 0.1) is 13.8 Å². The highest BCUT2D eigenvalue weighted by molar-refractivity contribution is 6.34. The van der Waals surface area contributed by atoms with Crippen LogP contribution in [-0.4, -0.2) is 19.8 Å². The predicted octanol–water partition coefficient (Wildman–Crippen LogP) is 1.81. The fraction of sp³-hybridized carbons (Fsp3) is 0.455. The van der Waals surface area contributed by atoms with Crippen LogP contribution in [0.1, 0.15) is 16.7 Å². The molecule has 0 bridgehead atoms. The molecule has 67 valence electrons. The van der Waals surface area contributed by atoms with Gasteiger partial charge in [0.25, 0.3) is 0 Å². The molecule has 1 aromatic carbocycles. The van der Waals surface area contributed by atoms with Crippen LogP contribution in [0.2, 0.25) is 12.6 Å². The second kappa shape index (κ2) is 4.77. The molecule has 0 unspecified atom stereocenters. The van der Waals surface area contributed by atoms with Gasteiger partial charge in [0.15, 0.2) is 0 Å². The molecule has 1 rings (SSSR count). The smallest absolute Gasteiger partial charge is 0.0715 e. The van der Waals surface area contributed by atoms with E-state index in [2.05, 4.69) is 42.8 Å². The fourth-order valence-electron chi connectivity index (χ4n) is 1.45. The van der Waals surface area contributed by atoms with Crippen LogP contribution in [0.5, 0.6) is 0 Å². The molecule has 5 radical (unpaired) electrons. The highest BCUT2D eigenvalue weighted by Crippen LogP contribution is 2.12. The molecule has 0 atom stereocenters. The first kappa shape index (κ1) is 10.7. The molecule has 13 heavy (non-hydrogen) atoms. The van der Waals surface area contributed by atoms with Gasteiger partial charge in [-0.15, -0.1) is 0 Å². The molecular weight excluding hydrogens is 188 g/mol. The monoisotopic (exact) mass is 203 g/mol. The topological polar surface area (TPSA) is 0 Å². The normalized spacial score (nSPS) is 10.5. The van der Waals surface area contributed by atoms with Crippen molar-refractivity contribution in [1.29, 1.82) is 0 Å². The van der Waals surface area contributed by atoms with Crippen molar-refractivity contribution in [2.45, 2.75) is 32.9 Å². The molecule has 0 spiro atoms. The Morgan fingerprint density at radius 1 is 1.31 bits per heavy atom. The van der Waals surface area contributed by atoms with E-state index in [0.29, 0.717) is 0 Å². The van der Waals surface area contributed by atoms with Crippen LogP contribution in [0.25, 0.3) is 0 Å². The van der Waals surface area contributed by atoms with Crippen molar-refractivity contribution in [2.24, 2.45) is 0 Å². The lowest BCUT2D eigenvalue weighted by Crippen LogP contribution is -2.13. The van der Waals surface area contributed by atoms with Crippen LogP contribution in [0.4, 0.5) is 0 Å². The number of rotatable bonds is 3. The van der Waals surface area contributed by atoms with Crippen molar-refractivity contribution in [3.8, 4) is 0 Å². The minimum absolute atomic E-state index is 1.05. The van der Waals surface area contributed by atoms with E-state index in [1.54, 1.807) is 0 Å². The van der Waals surface area contributed by atoms with Crippen LogP contribution in [0.15, 0.2) is 12.1 Å². The molecule has 0 aliphatic rings. The van der Waals surface area contributed by atoms with Crippen LogP contribution >= 0.6 is 0 Å². The SMILES string of the molecule is C[Si]CCc1c([Si])ccc(C)c1C. The average Bonchev–Trinajstić information content (AvgIpc) is 2.12. The lowest BCUT2D eigenvalue weighted by molar-refractivity contribution is 1.10. The summed E-state index contributed by atoms with van der Waals surface area (Å²) in [4.78, 5) is 0. The Morgan fingerprint density at radius 3 is 2.62 bits per heavy atom. The fourth-order valence-corrected chi connectivity index (χ4v) is 2.34. The number of aryl methyl sites for hydroxylation is 1. The number of hydrogen-bond acceptors (Lipinski definition) is 0. The van der Waals surface area contributed by atoms with Gasteiger partial charge in [-0.25, -0.2) is 0 Å². The number of hydrogen-bond donors (Lipinski definition) is 0. The van der Waals surface area contributed by atoms with Crippen molar-refractivity contribution >= 4 is 24.9 Å². The molecule has 0 saturated carbocycles. The Morgan fingerprint density at radius 2 is 2.00 bits per heavy atom. The van der Waals surface area contributed by atoms with Crippen LogP contribution in [0.3, 0.4) is 0 Å².